The lowest BCUT2D eigenvalue weighted by molar-refractivity contribution is -0.113. The van der Waals surface area contributed by atoms with Crippen molar-refractivity contribution in [2.45, 2.75) is 75.5 Å². The first-order valence-electron chi connectivity index (χ1n) is 14.3. The number of nitrogens with zero attached hydrogens (tertiary/aromatic N) is 2. The van der Waals surface area contributed by atoms with Gasteiger partial charge in [-0.25, -0.2) is 14.2 Å². The molecule has 9 nitrogen and oxygen atoms in total. The summed E-state index contributed by atoms with van der Waals surface area (Å²) in [6.45, 7) is 6.28. The average Bonchev–Trinajstić information content (AvgIpc) is 2.96. The third-order valence-corrected chi connectivity index (χ3v) is 8.80. The number of benzene rings is 1. The van der Waals surface area contributed by atoms with Gasteiger partial charge in [-0.3, -0.25) is 9.78 Å². The van der Waals surface area contributed by atoms with Crippen LogP contribution < -0.4 is 20.7 Å². The summed E-state index contributed by atoms with van der Waals surface area (Å²) < 4.78 is 26.5. The van der Waals surface area contributed by atoms with E-state index in [1.165, 1.54) is 18.0 Å². The summed E-state index contributed by atoms with van der Waals surface area (Å²) >= 11 is 1.50. The molecule has 3 N–H and O–H groups in total. The van der Waals surface area contributed by atoms with Gasteiger partial charge in [0.1, 0.15) is 23.0 Å². The molecular weight excluding hydrogens is 557 g/mol. The van der Waals surface area contributed by atoms with Gasteiger partial charge < -0.3 is 25.4 Å². The minimum atomic E-state index is -0.636. The molecule has 3 heterocycles. The molecule has 3 aromatic rings. The molecule has 0 bridgehead atoms. The molecule has 1 atom stereocenters. The Labute approximate surface area is 249 Å². The number of alkyl carbamates (subject to hydrolysis) is 1. The van der Waals surface area contributed by atoms with Crippen LogP contribution in [0.25, 0.3) is 10.9 Å². The van der Waals surface area contributed by atoms with E-state index in [4.69, 9.17) is 9.47 Å². The van der Waals surface area contributed by atoms with E-state index in [0.717, 1.165) is 36.3 Å². The van der Waals surface area contributed by atoms with Gasteiger partial charge in [0.25, 0.3) is 0 Å². The van der Waals surface area contributed by atoms with Crippen LogP contribution in [0.4, 0.5) is 15.0 Å². The zero-order valence-electron chi connectivity index (χ0n) is 24.5. The average molecular weight is 596 g/mol. The largest absolute Gasteiger partial charge is 0.497 e. The number of fused-ring (bicyclic) bond motifs is 2. The van der Waals surface area contributed by atoms with E-state index < -0.39 is 17.5 Å². The van der Waals surface area contributed by atoms with Crippen molar-refractivity contribution in [2.24, 2.45) is 5.92 Å². The van der Waals surface area contributed by atoms with Crippen LogP contribution in [0.2, 0.25) is 0 Å². The van der Waals surface area contributed by atoms with Crippen molar-refractivity contribution in [1.82, 2.24) is 20.6 Å². The van der Waals surface area contributed by atoms with Crippen LogP contribution in [0.5, 0.6) is 5.75 Å². The number of hydrogen-bond donors (Lipinski definition) is 3. The van der Waals surface area contributed by atoms with Crippen molar-refractivity contribution in [3.05, 3.63) is 53.6 Å². The molecule has 1 aromatic carbocycles. The molecule has 1 fully saturated rings. The Bertz CT molecular complexity index is 1460. The molecule has 0 unspecified atom stereocenters. The molecule has 0 spiro atoms. The van der Waals surface area contributed by atoms with Crippen LogP contribution >= 0.6 is 11.8 Å². The molecule has 0 radical (unpaired) electrons. The normalized spacial score (nSPS) is 19.5. The van der Waals surface area contributed by atoms with Crippen LogP contribution in [-0.4, -0.2) is 53.0 Å². The highest BCUT2D eigenvalue weighted by molar-refractivity contribution is 8.00. The minimum Gasteiger partial charge on any atom is -0.497 e. The molecular formula is C31H38FN5O4S. The Kier molecular flexibility index (Phi) is 9.17. The Morgan fingerprint density at radius 3 is 2.71 bits per heavy atom. The number of ether oxygens (including phenoxy) is 2. The van der Waals surface area contributed by atoms with Crippen molar-refractivity contribution in [3.8, 4) is 5.75 Å². The number of carbonyl (C=O) groups is 2. The molecule has 2 aliphatic rings. The lowest BCUT2D eigenvalue weighted by atomic mass is 9.74. The summed E-state index contributed by atoms with van der Waals surface area (Å²) in [4.78, 5) is 34.3. The van der Waals surface area contributed by atoms with Gasteiger partial charge in [0.05, 0.1) is 35.2 Å². The quantitative estimate of drug-likeness (QED) is 0.300. The molecule has 42 heavy (non-hydrogen) atoms. The summed E-state index contributed by atoms with van der Waals surface area (Å²) in [5.41, 5.74) is 1.46. The Balaban J connectivity index is 1.30. The minimum absolute atomic E-state index is 0.0315. The second-order valence-electron chi connectivity index (χ2n) is 11.9. The molecule has 11 heteroatoms. The Morgan fingerprint density at radius 2 is 1.98 bits per heavy atom. The molecule has 1 aliphatic heterocycles. The van der Waals surface area contributed by atoms with E-state index in [2.05, 4.69) is 25.9 Å². The first-order chi connectivity index (χ1) is 20.1. The summed E-state index contributed by atoms with van der Waals surface area (Å²) in [6, 6.07) is 9.74. The molecule has 5 rings (SSSR count). The van der Waals surface area contributed by atoms with Crippen LogP contribution in [0.3, 0.4) is 0 Å². The third kappa shape index (κ3) is 7.30. The predicted molar refractivity (Wildman–Crippen MR) is 161 cm³/mol. The second kappa shape index (κ2) is 12.8. The molecule has 1 saturated carbocycles. The molecule has 2 amide bonds. The predicted octanol–water partition coefficient (Wildman–Crippen LogP) is 5.78. The van der Waals surface area contributed by atoms with E-state index >= 15 is 4.39 Å². The zero-order valence-corrected chi connectivity index (χ0v) is 25.3. The third-order valence-electron chi connectivity index (χ3n) is 7.75. The number of methoxy groups -OCH3 is 1. The summed E-state index contributed by atoms with van der Waals surface area (Å²) in [5.74, 6) is 1.10. The first kappa shape index (κ1) is 30.0. The van der Waals surface area contributed by atoms with Crippen LogP contribution in [0, 0.1) is 11.7 Å². The van der Waals surface area contributed by atoms with E-state index in [1.807, 2.05) is 51.1 Å². The number of aromatic nitrogens is 2. The van der Waals surface area contributed by atoms with Gasteiger partial charge in [0, 0.05) is 36.0 Å². The maximum atomic E-state index is 15.6. The Hall–Kier alpha value is -3.44. The van der Waals surface area contributed by atoms with Gasteiger partial charge in [-0.05, 0) is 82.7 Å². The van der Waals surface area contributed by atoms with Crippen molar-refractivity contribution in [3.63, 3.8) is 0 Å². The topological polar surface area (TPSA) is 114 Å². The van der Waals surface area contributed by atoms with E-state index in [1.54, 1.807) is 7.11 Å². The number of rotatable bonds is 8. The number of hydrogen-bond acceptors (Lipinski definition) is 8. The molecule has 2 aromatic heterocycles. The van der Waals surface area contributed by atoms with Crippen LogP contribution in [0.1, 0.15) is 63.6 Å². The number of carbonyl (C=O) groups excluding carboxylic acids is 2. The highest BCUT2D eigenvalue weighted by Crippen LogP contribution is 2.40. The van der Waals surface area contributed by atoms with Gasteiger partial charge in [-0.15, -0.1) is 11.8 Å². The number of amides is 2. The number of nitrogens with one attached hydrogen (secondary N) is 3. The SMILES string of the molecule is COc1ccc2ncc(F)c([C@@H](CNC(=O)OC(C)(C)C)C3CCC(NCc4ccc5c(n4)NC(=O)CS5)CC3)c2c1. The second-order valence-corrected chi connectivity index (χ2v) is 12.9. The fraction of sp³-hybridized carbons (Fsp3) is 0.484. The highest BCUT2D eigenvalue weighted by atomic mass is 32.2. The Morgan fingerprint density at radius 1 is 1.19 bits per heavy atom. The van der Waals surface area contributed by atoms with Gasteiger partial charge in [-0.1, -0.05) is 0 Å². The van der Waals surface area contributed by atoms with Gasteiger partial charge in [0.2, 0.25) is 5.91 Å². The maximum absolute atomic E-state index is 15.6. The van der Waals surface area contributed by atoms with Crippen molar-refractivity contribution >= 4 is 40.5 Å². The van der Waals surface area contributed by atoms with Gasteiger partial charge in [-0.2, -0.15) is 0 Å². The summed E-state index contributed by atoms with van der Waals surface area (Å²) in [7, 11) is 1.58. The lowest BCUT2D eigenvalue weighted by Crippen LogP contribution is -2.39. The zero-order chi connectivity index (χ0) is 29.9. The fourth-order valence-corrected chi connectivity index (χ4v) is 6.52. The first-order valence-corrected chi connectivity index (χ1v) is 15.3. The molecule has 1 aliphatic carbocycles. The number of halogens is 1. The van der Waals surface area contributed by atoms with Gasteiger partial charge in [0.15, 0.2) is 0 Å². The van der Waals surface area contributed by atoms with E-state index in [0.29, 0.717) is 40.3 Å². The van der Waals surface area contributed by atoms with Crippen molar-refractivity contribution < 1.29 is 23.5 Å². The number of anilines is 1. The summed E-state index contributed by atoms with van der Waals surface area (Å²) in [6.07, 6.45) is 4.26. The monoisotopic (exact) mass is 595 g/mol. The van der Waals surface area contributed by atoms with Crippen LogP contribution in [-0.2, 0) is 16.1 Å². The number of thioether (sulfide) groups is 1. The summed E-state index contributed by atoms with van der Waals surface area (Å²) in [5, 5.41) is 10.1. The lowest BCUT2D eigenvalue weighted by Gasteiger charge is -2.35. The van der Waals surface area contributed by atoms with E-state index in [9.17, 15) is 9.59 Å². The van der Waals surface area contributed by atoms with Gasteiger partial charge >= 0.3 is 6.09 Å². The smallest absolute Gasteiger partial charge is 0.407 e. The molecule has 0 saturated heterocycles. The highest BCUT2D eigenvalue weighted by Gasteiger charge is 2.32. The fourth-order valence-electron chi connectivity index (χ4n) is 5.76. The van der Waals surface area contributed by atoms with E-state index in [-0.39, 0.29) is 30.3 Å². The van der Waals surface area contributed by atoms with Crippen LogP contribution in [0.15, 0.2) is 41.4 Å². The van der Waals surface area contributed by atoms with Crippen molar-refractivity contribution in [1.29, 1.82) is 0 Å². The van der Waals surface area contributed by atoms with Crippen molar-refractivity contribution in [2.75, 3.05) is 24.7 Å². The molecule has 224 valence electrons. The number of pyridine rings is 2. The standard InChI is InChI=1S/C31H38FN5O4S/c1-31(2,3)41-30(39)35-15-23(28-22-13-21(40-4)10-11-25(22)34-16-24(28)32)18-5-7-19(8-6-18)33-14-20-9-12-26-29(36-20)37-27(38)17-42-26/h9-13,16,18-19,23,33H,5-8,14-15,17H2,1-4H3,(H,35,39)(H,36,37,38)/t18?,19?,23-/m0/s1. The maximum Gasteiger partial charge on any atom is 0.407 e.